The van der Waals surface area contributed by atoms with E-state index in [0.29, 0.717) is 12.5 Å². The van der Waals surface area contributed by atoms with Crippen molar-refractivity contribution in [3.8, 4) is 0 Å². The van der Waals surface area contributed by atoms with Gasteiger partial charge in [0.15, 0.2) is 0 Å². The van der Waals surface area contributed by atoms with Crippen LogP contribution in [0.25, 0.3) is 0 Å². The molecule has 0 aliphatic carbocycles. The summed E-state index contributed by atoms with van der Waals surface area (Å²) in [5.41, 5.74) is 8.17. The van der Waals surface area contributed by atoms with Crippen molar-refractivity contribution < 1.29 is 0 Å². The molecule has 20 heavy (non-hydrogen) atoms. The minimum atomic E-state index is 0.173. The highest BCUT2D eigenvalue weighted by atomic mass is 15.0. The molecule has 1 atom stereocenters. The van der Waals surface area contributed by atoms with E-state index in [1.807, 2.05) is 24.3 Å². The van der Waals surface area contributed by atoms with E-state index in [2.05, 4.69) is 41.3 Å². The second kappa shape index (κ2) is 7.01. The molecule has 1 aromatic heterocycles. The largest absolute Gasteiger partial charge is 0.366 e. The van der Waals surface area contributed by atoms with Crippen LogP contribution in [0.5, 0.6) is 0 Å². The summed E-state index contributed by atoms with van der Waals surface area (Å²) in [5.74, 6) is 1.24. The highest BCUT2D eigenvalue weighted by molar-refractivity contribution is 5.37. The maximum atomic E-state index is 5.86. The number of nitrogens with one attached hydrogen (secondary N) is 1. The summed E-state index contributed by atoms with van der Waals surface area (Å²) < 4.78 is 0. The number of hydrogen-bond acceptors (Lipinski definition) is 4. The Labute approximate surface area is 120 Å². The summed E-state index contributed by atoms with van der Waals surface area (Å²) >= 11 is 0. The van der Waals surface area contributed by atoms with Crippen molar-refractivity contribution >= 4 is 5.82 Å². The molecule has 4 heteroatoms. The number of hydrogen-bond donors (Lipinski definition) is 2. The minimum Gasteiger partial charge on any atom is -0.366 e. The number of nitrogens with two attached hydrogens (primary N) is 1. The van der Waals surface area contributed by atoms with Crippen molar-refractivity contribution in [1.82, 2.24) is 9.97 Å². The molecule has 3 N–H and O–H groups in total. The molecule has 0 bridgehead atoms. The third kappa shape index (κ3) is 4.03. The molecule has 0 saturated carbocycles. The summed E-state index contributed by atoms with van der Waals surface area (Å²) in [5, 5.41) is 3.40. The highest BCUT2D eigenvalue weighted by Crippen LogP contribution is 2.15. The zero-order valence-corrected chi connectivity index (χ0v) is 12.1. The van der Waals surface area contributed by atoms with Crippen LogP contribution < -0.4 is 11.1 Å². The van der Waals surface area contributed by atoms with Gasteiger partial charge < -0.3 is 11.1 Å². The third-order valence-electron chi connectivity index (χ3n) is 3.24. The Kier molecular flexibility index (Phi) is 5.07. The predicted molar refractivity (Wildman–Crippen MR) is 82.7 cm³/mol. The van der Waals surface area contributed by atoms with Gasteiger partial charge in [0.25, 0.3) is 0 Å². The van der Waals surface area contributed by atoms with Crippen molar-refractivity contribution in [1.29, 1.82) is 0 Å². The molecule has 0 radical (unpaired) electrons. The van der Waals surface area contributed by atoms with E-state index in [1.54, 1.807) is 6.33 Å². The van der Waals surface area contributed by atoms with Crippen molar-refractivity contribution in [2.24, 2.45) is 5.73 Å². The first kappa shape index (κ1) is 14.5. The lowest BCUT2D eigenvalue weighted by Gasteiger charge is -2.18. The molecule has 0 aliphatic heterocycles. The van der Waals surface area contributed by atoms with E-state index < -0.39 is 0 Å². The van der Waals surface area contributed by atoms with Gasteiger partial charge in [-0.2, -0.15) is 0 Å². The van der Waals surface area contributed by atoms with E-state index >= 15 is 0 Å². The molecule has 4 nitrogen and oxygen atoms in total. The standard InChI is InChI=1S/C16H22N4/c1-12(2)15-9-16(19-11-18-15)20-14(10-17)8-13-6-4-3-5-7-13/h3-7,9,11-12,14H,8,10,17H2,1-2H3,(H,18,19,20). The van der Waals surface area contributed by atoms with Crippen LogP contribution >= 0.6 is 0 Å². The van der Waals surface area contributed by atoms with Gasteiger partial charge in [0.1, 0.15) is 12.1 Å². The Bertz CT molecular complexity index is 525. The number of anilines is 1. The smallest absolute Gasteiger partial charge is 0.129 e. The van der Waals surface area contributed by atoms with E-state index in [-0.39, 0.29) is 6.04 Å². The lowest BCUT2D eigenvalue weighted by atomic mass is 10.1. The molecule has 2 rings (SSSR count). The Morgan fingerprint density at radius 1 is 1.15 bits per heavy atom. The molecule has 0 amide bonds. The van der Waals surface area contributed by atoms with E-state index in [0.717, 1.165) is 17.9 Å². The maximum Gasteiger partial charge on any atom is 0.129 e. The van der Waals surface area contributed by atoms with Crippen LogP contribution in [0.2, 0.25) is 0 Å². The van der Waals surface area contributed by atoms with Crippen LogP contribution in [-0.4, -0.2) is 22.6 Å². The second-order valence-corrected chi connectivity index (χ2v) is 5.25. The fourth-order valence-electron chi connectivity index (χ4n) is 2.07. The zero-order chi connectivity index (χ0) is 14.4. The summed E-state index contributed by atoms with van der Waals surface area (Å²) in [7, 11) is 0. The van der Waals surface area contributed by atoms with Crippen LogP contribution in [0.1, 0.15) is 31.0 Å². The van der Waals surface area contributed by atoms with Crippen molar-refractivity contribution in [2.75, 3.05) is 11.9 Å². The van der Waals surface area contributed by atoms with E-state index in [1.165, 1.54) is 5.56 Å². The van der Waals surface area contributed by atoms with Crippen LogP contribution in [0.15, 0.2) is 42.7 Å². The van der Waals surface area contributed by atoms with E-state index in [9.17, 15) is 0 Å². The molecule has 1 aromatic carbocycles. The Hall–Kier alpha value is -1.94. The first-order valence-electron chi connectivity index (χ1n) is 7.01. The monoisotopic (exact) mass is 270 g/mol. The SMILES string of the molecule is CC(C)c1cc(NC(CN)Cc2ccccc2)ncn1. The van der Waals surface area contributed by atoms with Crippen LogP contribution in [0, 0.1) is 0 Å². The van der Waals surface area contributed by atoms with Crippen LogP contribution in [0.3, 0.4) is 0 Å². The topological polar surface area (TPSA) is 63.8 Å². The number of rotatable bonds is 6. The highest BCUT2D eigenvalue weighted by Gasteiger charge is 2.09. The third-order valence-corrected chi connectivity index (χ3v) is 3.24. The lowest BCUT2D eigenvalue weighted by Crippen LogP contribution is -2.31. The van der Waals surface area contributed by atoms with Crippen LogP contribution in [-0.2, 0) is 6.42 Å². The molecule has 0 saturated heterocycles. The molecule has 1 unspecified atom stereocenters. The first-order chi connectivity index (χ1) is 9.69. The van der Waals surface area contributed by atoms with Gasteiger partial charge in [-0.25, -0.2) is 9.97 Å². The average molecular weight is 270 g/mol. The zero-order valence-electron chi connectivity index (χ0n) is 12.1. The summed E-state index contributed by atoms with van der Waals surface area (Å²) in [6.07, 6.45) is 2.49. The Morgan fingerprint density at radius 3 is 2.55 bits per heavy atom. The fraction of sp³-hybridized carbons (Fsp3) is 0.375. The van der Waals surface area contributed by atoms with E-state index in [4.69, 9.17) is 5.73 Å². The molecular weight excluding hydrogens is 248 g/mol. The maximum absolute atomic E-state index is 5.86. The first-order valence-corrected chi connectivity index (χ1v) is 7.01. The normalized spacial score (nSPS) is 12.4. The summed E-state index contributed by atoms with van der Waals surface area (Å²) in [6.45, 7) is 4.81. The Morgan fingerprint density at radius 2 is 1.90 bits per heavy atom. The molecule has 0 spiro atoms. The molecule has 1 heterocycles. The number of benzene rings is 1. The molecule has 0 fully saturated rings. The average Bonchev–Trinajstić information content (AvgIpc) is 2.48. The molecule has 0 aliphatic rings. The van der Waals surface area contributed by atoms with Gasteiger partial charge >= 0.3 is 0 Å². The lowest BCUT2D eigenvalue weighted by molar-refractivity contribution is 0.717. The molecule has 2 aromatic rings. The van der Waals surface area contributed by atoms with Gasteiger partial charge in [-0.15, -0.1) is 0 Å². The predicted octanol–water partition coefficient (Wildman–Crippen LogP) is 2.58. The second-order valence-electron chi connectivity index (χ2n) is 5.25. The van der Waals surface area contributed by atoms with Gasteiger partial charge in [0, 0.05) is 24.3 Å². The van der Waals surface area contributed by atoms with Gasteiger partial charge in [0.05, 0.1) is 0 Å². The molecular formula is C16H22N4. The van der Waals surface area contributed by atoms with Crippen molar-refractivity contribution in [2.45, 2.75) is 32.2 Å². The molecule has 106 valence electrons. The van der Waals surface area contributed by atoms with Gasteiger partial charge in [-0.3, -0.25) is 0 Å². The van der Waals surface area contributed by atoms with Gasteiger partial charge in [-0.1, -0.05) is 44.2 Å². The Balaban J connectivity index is 2.04. The van der Waals surface area contributed by atoms with Crippen molar-refractivity contribution in [3.05, 3.63) is 54.0 Å². The van der Waals surface area contributed by atoms with Gasteiger partial charge in [-0.05, 0) is 17.9 Å². The van der Waals surface area contributed by atoms with Crippen LogP contribution in [0.4, 0.5) is 5.82 Å². The van der Waals surface area contributed by atoms with Crippen molar-refractivity contribution in [3.63, 3.8) is 0 Å². The number of nitrogens with zero attached hydrogens (tertiary/aromatic N) is 2. The van der Waals surface area contributed by atoms with Gasteiger partial charge in [0.2, 0.25) is 0 Å². The summed E-state index contributed by atoms with van der Waals surface area (Å²) in [6, 6.07) is 12.5. The quantitative estimate of drug-likeness (QED) is 0.847. The summed E-state index contributed by atoms with van der Waals surface area (Å²) in [4.78, 5) is 8.55. The minimum absolute atomic E-state index is 0.173. The number of aromatic nitrogens is 2. The fourth-order valence-corrected chi connectivity index (χ4v) is 2.07.